The molecule has 0 heterocycles. The Kier molecular flexibility index (Phi) is 2.13. The van der Waals surface area contributed by atoms with Gasteiger partial charge in [0.05, 0.1) is 11.5 Å². The van der Waals surface area contributed by atoms with Crippen LogP contribution in [0, 0.1) is 35.0 Å². The molecule has 18 heavy (non-hydrogen) atoms. The van der Waals surface area contributed by atoms with E-state index in [1.54, 1.807) is 0 Å². The lowest BCUT2D eigenvalue weighted by Crippen LogP contribution is -2.54. The van der Waals surface area contributed by atoms with Gasteiger partial charge < -0.3 is 0 Å². The van der Waals surface area contributed by atoms with E-state index in [-0.39, 0.29) is 5.41 Å². The fourth-order valence-electron chi connectivity index (χ4n) is 5.36. The highest BCUT2D eigenvalue weighted by Crippen LogP contribution is 2.62. The van der Waals surface area contributed by atoms with E-state index >= 15 is 0 Å². The van der Waals surface area contributed by atoms with Gasteiger partial charge in [-0.25, -0.2) is 0 Å². The quantitative estimate of drug-likeness (QED) is 0.726. The van der Waals surface area contributed by atoms with Gasteiger partial charge in [0.1, 0.15) is 0 Å². The molecule has 92 valence electrons. The van der Waals surface area contributed by atoms with Gasteiger partial charge in [0.2, 0.25) is 0 Å². The monoisotopic (exact) mass is 237 g/mol. The molecule has 0 spiro atoms. The van der Waals surface area contributed by atoms with Gasteiger partial charge in [-0.15, -0.1) is 0 Å². The van der Waals surface area contributed by atoms with E-state index in [4.69, 9.17) is 0 Å². The molecule has 4 saturated carbocycles. The van der Waals surface area contributed by atoms with Crippen molar-refractivity contribution in [2.45, 2.75) is 37.5 Å². The molecule has 4 aliphatic rings. The summed E-state index contributed by atoms with van der Waals surface area (Å²) in [7, 11) is 0. The van der Waals surface area contributed by atoms with Gasteiger partial charge in [-0.1, -0.05) is 30.3 Å². The molecule has 4 aliphatic carbocycles. The topological polar surface area (TPSA) is 23.8 Å². The normalized spacial score (nSPS) is 44.8. The van der Waals surface area contributed by atoms with Gasteiger partial charge in [-0.2, -0.15) is 5.26 Å². The lowest BCUT2D eigenvalue weighted by molar-refractivity contribution is -0.0347. The number of hydrogen-bond donors (Lipinski definition) is 0. The maximum absolute atomic E-state index is 9.95. The fraction of sp³-hybridized carbons (Fsp3) is 0.588. The molecule has 0 radical (unpaired) electrons. The molecule has 0 aliphatic heterocycles. The van der Waals surface area contributed by atoms with Gasteiger partial charge >= 0.3 is 0 Å². The van der Waals surface area contributed by atoms with E-state index < -0.39 is 0 Å². The molecule has 5 rings (SSSR count). The van der Waals surface area contributed by atoms with Crippen molar-refractivity contribution in [1.29, 1.82) is 5.26 Å². The molecular weight excluding hydrogens is 218 g/mol. The summed E-state index contributed by atoms with van der Waals surface area (Å²) in [6.07, 6.45) is 6.65. The SMILES string of the molecule is N#CC1(c2ccccc2)C2CC3CC(C2)CC1C3. The summed E-state index contributed by atoms with van der Waals surface area (Å²) >= 11 is 0. The first-order valence-electron chi connectivity index (χ1n) is 7.29. The third kappa shape index (κ3) is 1.21. The summed E-state index contributed by atoms with van der Waals surface area (Å²) in [5.74, 6) is 3.11. The van der Waals surface area contributed by atoms with Gasteiger partial charge in [0.25, 0.3) is 0 Å². The summed E-state index contributed by atoms with van der Waals surface area (Å²) in [4.78, 5) is 0. The first-order valence-corrected chi connectivity index (χ1v) is 7.29. The Morgan fingerprint density at radius 3 is 1.94 bits per heavy atom. The van der Waals surface area contributed by atoms with Gasteiger partial charge in [0, 0.05) is 0 Å². The highest BCUT2D eigenvalue weighted by Gasteiger charge is 2.58. The van der Waals surface area contributed by atoms with Crippen LogP contribution in [0.2, 0.25) is 0 Å². The molecule has 0 atom stereocenters. The zero-order valence-electron chi connectivity index (χ0n) is 10.7. The Bertz CT molecular complexity index is 468. The van der Waals surface area contributed by atoms with E-state index in [0.717, 1.165) is 11.8 Å². The Balaban J connectivity index is 1.84. The van der Waals surface area contributed by atoms with Crippen LogP contribution in [0.3, 0.4) is 0 Å². The summed E-state index contributed by atoms with van der Waals surface area (Å²) < 4.78 is 0. The summed E-state index contributed by atoms with van der Waals surface area (Å²) in [5, 5.41) is 9.95. The largest absolute Gasteiger partial charge is 0.197 e. The maximum atomic E-state index is 9.95. The van der Waals surface area contributed by atoms with Crippen molar-refractivity contribution in [1.82, 2.24) is 0 Å². The first kappa shape index (κ1) is 10.6. The molecule has 0 saturated heterocycles. The van der Waals surface area contributed by atoms with Crippen LogP contribution in [0.4, 0.5) is 0 Å². The Labute approximate surface area is 109 Å². The van der Waals surface area contributed by atoms with Gasteiger partial charge in [0.15, 0.2) is 0 Å². The summed E-state index contributed by atoms with van der Waals surface area (Å²) in [6, 6.07) is 13.4. The molecule has 0 N–H and O–H groups in total. The average molecular weight is 237 g/mol. The molecule has 0 amide bonds. The van der Waals surface area contributed by atoms with Gasteiger partial charge in [-0.05, 0) is 61.3 Å². The van der Waals surface area contributed by atoms with Crippen LogP contribution in [-0.2, 0) is 5.41 Å². The molecule has 1 heteroatoms. The molecule has 4 fully saturated rings. The summed E-state index contributed by atoms with van der Waals surface area (Å²) in [5.41, 5.74) is 1.13. The predicted molar refractivity (Wildman–Crippen MR) is 70.8 cm³/mol. The van der Waals surface area contributed by atoms with Crippen LogP contribution in [0.5, 0.6) is 0 Å². The molecule has 1 aromatic carbocycles. The standard InChI is InChI=1S/C17H19N/c18-11-17(14-4-2-1-3-5-14)15-7-12-6-13(9-15)10-16(17)8-12/h1-5,12-13,15-16H,6-10H2. The van der Waals surface area contributed by atoms with E-state index in [0.29, 0.717) is 11.8 Å². The van der Waals surface area contributed by atoms with Crippen LogP contribution in [0.1, 0.15) is 37.7 Å². The van der Waals surface area contributed by atoms with Crippen molar-refractivity contribution in [3.05, 3.63) is 35.9 Å². The first-order chi connectivity index (χ1) is 8.83. The van der Waals surface area contributed by atoms with Crippen molar-refractivity contribution in [3.63, 3.8) is 0 Å². The number of nitrogens with zero attached hydrogens (tertiary/aromatic N) is 1. The van der Waals surface area contributed by atoms with Crippen LogP contribution in [-0.4, -0.2) is 0 Å². The number of benzene rings is 1. The lowest BCUT2D eigenvalue weighted by Gasteiger charge is -2.58. The van der Waals surface area contributed by atoms with Crippen molar-refractivity contribution in [2.75, 3.05) is 0 Å². The highest BCUT2D eigenvalue weighted by molar-refractivity contribution is 5.37. The molecule has 4 bridgehead atoms. The van der Waals surface area contributed by atoms with Crippen LogP contribution in [0.15, 0.2) is 30.3 Å². The Hall–Kier alpha value is -1.29. The zero-order valence-corrected chi connectivity index (χ0v) is 10.7. The minimum atomic E-state index is -0.158. The minimum absolute atomic E-state index is 0.158. The van der Waals surface area contributed by atoms with Crippen LogP contribution >= 0.6 is 0 Å². The second-order valence-electron chi connectivity index (χ2n) is 6.65. The van der Waals surface area contributed by atoms with E-state index in [9.17, 15) is 5.26 Å². The van der Waals surface area contributed by atoms with Crippen LogP contribution in [0.25, 0.3) is 0 Å². The highest BCUT2D eigenvalue weighted by atomic mass is 14.6. The third-order valence-electron chi connectivity index (χ3n) is 5.86. The maximum Gasteiger partial charge on any atom is 0.0878 e. The van der Waals surface area contributed by atoms with Crippen molar-refractivity contribution >= 4 is 0 Å². The molecule has 0 aromatic heterocycles. The average Bonchev–Trinajstić information content (AvgIpc) is 2.40. The summed E-state index contributed by atoms with van der Waals surface area (Å²) in [6.45, 7) is 0. The third-order valence-corrected chi connectivity index (χ3v) is 5.86. The Morgan fingerprint density at radius 1 is 0.889 bits per heavy atom. The number of nitriles is 1. The van der Waals surface area contributed by atoms with Crippen molar-refractivity contribution in [3.8, 4) is 6.07 Å². The minimum Gasteiger partial charge on any atom is -0.197 e. The zero-order chi connectivity index (χ0) is 12.2. The molecular formula is C17H19N. The Morgan fingerprint density at radius 2 is 1.44 bits per heavy atom. The number of rotatable bonds is 1. The smallest absolute Gasteiger partial charge is 0.0878 e. The fourth-order valence-corrected chi connectivity index (χ4v) is 5.36. The van der Waals surface area contributed by atoms with Gasteiger partial charge in [-0.3, -0.25) is 0 Å². The lowest BCUT2D eigenvalue weighted by atomic mass is 9.44. The second-order valence-corrected chi connectivity index (χ2v) is 6.65. The van der Waals surface area contributed by atoms with Crippen LogP contribution < -0.4 is 0 Å². The van der Waals surface area contributed by atoms with E-state index in [1.165, 1.54) is 37.7 Å². The van der Waals surface area contributed by atoms with E-state index in [1.807, 2.05) is 0 Å². The van der Waals surface area contributed by atoms with E-state index in [2.05, 4.69) is 36.4 Å². The molecule has 0 unspecified atom stereocenters. The molecule has 1 nitrogen and oxygen atoms in total. The van der Waals surface area contributed by atoms with Crippen molar-refractivity contribution in [2.24, 2.45) is 23.7 Å². The molecule has 1 aromatic rings. The van der Waals surface area contributed by atoms with Crippen molar-refractivity contribution < 1.29 is 0 Å². The second kappa shape index (κ2) is 3.60. The predicted octanol–water partition coefficient (Wildman–Crippen LogP) is 3.90. The number of hydrogen-bond acceptors (Lipinski definition) is 1.